The number of allylic oxidation sites excluding steroid dienone is 2. The number of para-hydroxylation sites is 1. The molecule has 1 aliphatic rings. The molecule has 23 heteroatoms. The molecule has 0 aliphatic heterocycles. The summed E-state index contributed by atoms with van der Waals surface area (Å²) in [6.45, 7) is 3.42. The molecule has 0 aromatic heterocycles. The molecule has 0 heterocycles. The molecular weight excluding hydrogens is 1190 g/mol. The maximum Gasteiger partial charge on any atom is 0.220 e. The van der Waals surface area contributed by atoms with Crippen molar-refractivity contribution in [3.63, 3.8) is 0 Å². The second-order valence-electron chi connectivity index (χ2n) is 19.5. The van der Waals surface area contributed by atoms with Gasteiger partial charge in [-0.1, -0.05) is 30.4 Å². The summed E-state index contributed by atoms with van der Waals surface area (Å²) in [5.74, 6) is -10.2. The van der Waals surface area contributed by atoms with Crippen LogP contribution in [-0.2, 0) is 0 Å². The van der Waals surface area contributed by atoms with Gasteiger partial charge in [-0.2, -0.15) is 73.7 Å². The third-order valence-corrected chi connectivity index (χ3v) is 13.7. The van der Waals surface area contributed by atoms with Gasteiger partial charge in [-0.15, -0.1) is 0 Å². The topological polar surface area (TPSA) is 416 Å². The van der Waals surface area contributed by atoms with E-state index in [9.17, 15) is 73.7 Å². The van der Waals surface area contributed by atoms with Gasteiger partial charge in [-0.3, -0.25) is 0 Å². The first-order valence-corrected chi connectivity index (χ1v) is 26.9. The maximum atomic E-state index is 11.7. The van der Waals surface area contributed by atoms with Crippen molar-refractivity contribution in [2.24, 2.45) is 5.41 Å². The maximum absolute atomic E-state index is 11.7. The van der Waals surface area contributed by atoms with E-state index in [0.717, 1.165) is 25.3 Å². The van der Waals surface area contributed by atoms with Gasteiger partial charge in [0.25, 0.3) is 0 Å². The van der Waals surface area contributed by atoms with Crippen LogP contribution in [0.2, 0.25) is 0 Å². The van der Waals surface area contributed by atoms with E-state index in [1.54, 1.807) is 19.9 Å². The summed E-state index contributed by atoms with van der Waals surface area (Å²) in [6, 6.07) is 50.5. The minimum absolute atomic E-state index is 0.0446. The molecule has 0 bridgehead atoms. The first-order valence-electron chi connectivity index (χ1n) is 26.9. The van der Waals surface area contributed by atoms with Crippen molar-refractivity contribution in [3.8, 4) is 177 Å². The van der Waals surface area contributed by atoms with Crippen LogP contribution in [0, 0.1) is 178 Å². The fourth-order valence-corrected chi connectivity index (χ4v) is 9.37. The molecule has 0 radical (unpaired) electrons. The molecule has 1 unspecified atom stereocenters. The van der Waals surface area contributed by atoms with Crippen molar-refractivity contribution in [1.82, 2.24) is 0 Å². The van der Waals surface area contributed by atoms with Gasteiger partial charge in [-0.05, 0) is 128 Å². The first kappa shape index (κ1) is 62.8. The van der Waals surface area contributed by atoms with E-state index < -0.39 is 109 Å². The van der Waals surface area contributed by atoms with E-state index in [-0.39, 0.29) is 61.6 Å². The minimum Gasteiger partial charge on any atom is -0.490 e. The van der Waals surface area contributed by atoms with Gasteiger partial charge in [-0.25, -0.2) is 0 Å². The number of hydrogen-bond donors (Lipinski definition) is 0. The number of aryl methyl sites for hydroxylation is 2. The van der Waals surface area contributed by atoms with Gasteiger partial charge < -0.3 is 42.6 Å². The van der Waals surface area contributed by atoms with E-state index in [2.05, 4.69) is 0 Å². The summed E-state index contributed by atoms with van der Waals surface area (Å²) in [5, 5.41) is 149. The highest BCUT2D eigenvalue weighted by Crippen LogP contribution is 2.65. The molecule has 8 aromatic rings. The van der Waals surface area contributed by atoms with E-state index >= 15 is 0 Å². The SMILES string of the molecule is COc1c(Oc2cc(C#N)ccc2C#N)c(Oc2ccc(C#N)cc2C#N)c(Oc2c(Oc3cc(C)cc(C)c3)c(C#N)c(OC3C=CC=CC3(C#N)C#N)c(C#N)c2Oc2cccc(C#N)c2C#N)c(Oc2ccc(C#N)c(C#N)c2)c1Oc1c(C#N)cccc1C#N. The molecule has 0 amide bonds. The smallest absolute Gasteiger partial charge is 0.220 e. The van der Waals surface area contributed by atoms with Gasteiger partial charge in [0.2, 0.25) is 45.7 Å². The highest BCUT2D eigenvalue weighted by atomic mass is 16.6. The lowest BCUT2D eigenvalue weighted by Crippen LogP contribution is -2.35. The van der Waals surface area contributed by atoms with Crippen LogP contribution in [0.4, 0.5) is 0 Å². The third kappa shape index (κ3) is 12.1. The third-order valence-electron chi connectivity index (χ3n) is 13.7. The van der Waals surface area contributed by atoms with Crippen molar-refractivity contribution in [3.05, 3.63) is 211 Å². The number of nitrogens with zero attached hydrogens (tertiary/aromatic N) is 14. The van der Waals surface area contributed by atoms with Crippen LogP contribution >= 0.6 is 0 Å². The Morgan fingerprint density at radius 2 is 0.830 bits per heavy atom. The molecule has 440 valence electrons. The summed E-state index contributed by atoms with van der Waals surface area (Å²) in [4.78, 5) is 0. The summed E-state index contributed by atoms with van der Waals surface area (Å²) < 4.78 is 60.3. The molecule has 0 spiro atoms. The van der Waals surface area contributed by atoms with Crippen LogP contribution < -0.4 is 42.6 Å². The van der Waals surface area contributed by atoms with Crippen LogP contribution in [0.5, 0.6) is 92.0 Å². The average molecular weight is 1230 g/mol. The molecule has 0 saturated heterocycles. The normalized spacial score (nSPS) is 11.7. The largest absolute Gasteiger partial charge is 0.490 e. The lowest BCUT2D eigenvalue weighted by Gasteiger charge is -2.29. The van der Waals surface area contributed by atoms with Crippen molar-refractivity contribution in [2.45, 2.75) is 20.0 Å². The number of ether oxygens (including phenoxy) is 9. The molecule has 1 atom stereocenters. The zero-order valence-electron chi connectivity index (χ0n) is 48.7. The highest BCUT2D eigenvalue weighted by Gasteiger charge is 2.43. The summed E-state index contributed by atoms with van der Waals surface area (Å²) in [7, 11) is 1.07. The number of rotatable bonds is 17. The Morgan fingerprint density at radius 3 is 1.44 bits per heavy atom. The summed E-state index contributed by atoms with van der Waals surface area (Å²) in [6.07, 6.45) is 3.72. The standard InChI is InChI=1S/C71H32N14O9/c1-40-20-41(2)22-52(21-40)88-62-54(36-82)61(92-59-12-4-5-19-71(59,38-84)39-85)55(37-83)63(90-57-11-7-8-45(29-75)53(57)35-81)65(62)94-70-68(87-51-17-16-44(28-74)49(25-51)33-79)67(93-60-47(31-77)9-6-10-48(60)32-78)64(86-3)66(91-58-24-43(27-73)13-15-46(58)30-76)69(70)89-56-18-14-42(26-72)23-50(56)34-80/h4-25,59H,1-3H3. The van der Waals surface area contributed by atoms with Gasteiger partial charge >= 0.3 is 0 Å². The molecule has 0 fully saturated rings. The van der Waals surface area contributed by atoms with Crippen LogP contribution in [0.1, 0.15) is 77.9 Å². The van der Waals surface area contributed by atoms with Crippen molar-refractivity contribution in [1.29, 1.82) is 73.7 Å². The summed E-state index contributed by atoms with van der Waals surface area (Å²) in [5.41, 5.74) is -4.93. The van der Waals surface area contributed by atoms with E-state index in [0.29, 0.717) is 11.1 Å². The van der Waals surface area contributed by atoms with Gasteiger partial charge in [0.05, 0.1) is 81.5 Å². The zero-order valence-corrected chi connectivity index (χ0v) is 48.7. The second kappa shape index (κ2) is 27.3. The van der Waals surface area contributed by atoms with Crippen LogP contribution in [0.3, 0.4) is 0 Å². The summed E-state index contributed by atoms with van der Waals surface area (Å²) >= 11 is 0. The molecule has 9 rings (SSSR count). The van der Waals surface area contributed by atoms with Gasteiger partial charge in [0, 0.05) is 0 Å². The van der Waals surface area contributed by atoms with Crippen molar-refractivity contribution < 1.29 is 42.6 Å². The second-order valence-corrected chi connectivity index (χ2v) is 19.5. The van der Waals surface area contributed by atoms with Gasteiger partial charge in [0.1, 0.15) is 106 Å². The number of methoxy groups -OCH3 is 1. The number of hydrogen-bond acceptors (Lipinski definition) is 23. The monoisotopic (exact) mass is 1220 g/mol. The average Bonchev–Trinajstić information content (AvgIpc) is 0.741. The Labute approximate surface area is 534 Å². The fraction of sp³-hybridized carbons (Fsp3) is 0.0704. The number of nitriles is 14. The Morgan fingerprint density at radius 1 is 0.330 bits per heavy atom. The molecular formula is C71H32N14O9. The molecule has 94 heavy (non-hydrogen) atoms. The Kier molecular flexibility index (Phi) is 18.3. The Bertz CT molecular complexity index is 5220. The molecule has 1 aliphatic carbocycles. The van der Waals surface area contributed by atoms with Crippen molar-refractivity contribution >= 4 is 0 Å². The lowest BCUT2D eigenvalue weighted by molar-refractivity contribution is 0.190. The predicted octanol–water partition coefficient (Wildman–Crippen LogP) is 14.2. The van der Waals surface area contributed by atoms with Crippen molar-refractivity contribution in [2.75, 3.05) is 7.11 Å². The molecule has 8 aromatic carbocycles. The fourth-order valence-electron chi connectivity index (χ4n) is 9.37. The quantitative estimate of drug-likeness (QED) is 0.0817. The van der Waals surface area contributed by atoms with Crippen LogP contribution in [-0.4, -0.2) is 13.2 Å². The Balaban J connectivity index is 1.58. The van der Waals surface area contributed by atoms with E-state index in [4.69, 9.17) is 42.6 Å². The number of benzene rings is 8. The lowest BCUT2D eigenvalue weighted by atomic mass is 9.82. The minimum atomic E-state index is -2.14. The molecule has 0 N–H and O–H groups in total. The van der Waals surface area contributed by atoms with Gasteiger partial charge in [0.15, 0.2) is 29.1 Å². The zero-order chi connectivity index (χ0) is 67.2. The van der Waals surface area contributed by atoms with E-state index in [1.807, 2.05) is 85.0 Å². The van der Waals surface area contributed by atoms with E-state index in [1.165, 1.54) is 109 Å². The molecule has 0 saturated carbocycles. The molecule has 23 nitrogen and oxygen atoms in total. The highest BCUT2D eigenvalue weighted by molar-refractivity contribution is 5.81. The van der Waals surface area contributed by atoms with Crippen LogP contribution in [0.15, 0.2) is 133 Å². The van der Waals surface area contributed by atoms with Crippen LogP contribution in [0.25, 0.3) is 0 Å². The predicted molar refractivity (Wildman–Crippen MR) is 321 cm³/mol. The first-order chi connectivity index (χ1) is 45.7. The Hall–Kier alpha value is -15.7.